The van der Waals surface area contributed by atoms with Gasteiger partial charge in [0.1, 0.15) is 0 Å². The average molecular weight is 358 g/mol. The van der Waals surface area contributed by atoms with Crippen LogP contribution in [0.5, 0.6) is 0 Å². The van der Waals surface area contributed by atoms with E-state index in [-0.39, 0.29) is 17.8 Å². The van der Waals surface area contributed by atoms with Crippen molar-refractivity contribution in [3.63, 3.8) is 0 Å². The fourth-order valence-corrected chi connectivity index (χ4v) is 4.30. The zero-order valence-electron chi connectivity index (χ0n) is 14.1. The molecule has 0 saturated heterocycles. The molecular weight excluding hydrogens is 336 g/mol. The second kappa shape index (κ2) is 6.74. The number of imidazole rings is 1. The van der Waals surface area contributed by atoms with Crippen molar-refractivity contribution in [3.8, 4) is 0 Å². The van der Waals surface area contributed by atoms with Crippen molar-refractivity contribution in [2.75, 3.05) is 0 Å². The van der Waals surface area contributed by atoms with Gasteiger partial charge in [-0.25, -0.2) is 4.79 Å². The van der Waals surface area contributed by atoms with Crippen LogP contribution in [0.25, 0.3) is 11.0 Å². The molecule has 3 atom stereocenters. The number of aromatic amines is 1. The molecule has 6 nitrogen and oxygen atoms in total. The smallest absolute Gasteiger partial charge is 0.326 e. The van der Waals surface area contributed by atoms with E-state index in [1.165, 1.54) is 4.88 Å². The van der Waals surface area contributed by atoms with Gasteiger partial charge < -0.3 is 15.4 Å². The molecule has 0 aliphatic carbocycles. The molecule has 3 aromatic rings. The molecule has 1 aliphatic heterocycles. The number of benzene rings is 1. The molecule has 0 unspecified atom stereocenters. The number of aliphatic hydroxyl groups excluding tert-OH is 1. The molecule has 1 aliphatic rings. The van der Waals surface area contributed by atoms with Crippen LogP contribution in [0, 0.1) is 0 Å². The normalized spacial score (nSPS) is 21.4. The molecule has 0 amide bonds. The Kier molecular flexibility index (Phi) is 4.45. The summed E-state index contributed by atoms with van der Waals surface area (Å²) in [6.45, 7) is 2.75. The summed E-state index contributed by atoms with van der Waals surface area (Å²) in [5.41, 5.74) is 4.20. The summed E-state index contributed by atoms with van der Waals surface area (Å²) >= 11 is 1.68. The number of aryl methyl sites for hydroxylation is 2. The molecule has 7 heteroatoms. The van der Waals surface area contributed by atoms with Gasteiger partial charge in [-0.05, 0) is 32.3 Å². The topological polar surface area (TPSA) is 82.9 Å². The van der Waals surface area contributed by atoms with E-state index in [9.17, 15) is 9.90 Å². The van der Waals surface area contributed by atoms with Crippen LogP contribution in [-0.2, 0) is 13.0 Å². The first-order chi connectivity index (χ1) is 12.1. The Morgan fingerprint density at radius 1 is 1.52 bits per heavy atom. The number of nitrogens with zero attached hydrogens (tertiary/aromatic N) is 2. The van der Waals surface area contributed by atoms with E-state index in [0.29, 0.717) is 13.0 Å². The Labute approximate surface area is 149 Å². The van der Waals surface area contributed by atoms with Gasteiger partial charge >= 0.3 is 5.69 Å². The van der Waals surface area contributed by atoms with Gasteiger partial charge in [-0.1, -0.05) is 12.1 Å². The molecule has 3 N–H and O–H groups in total. The minimum atomic E-state index is -0.626. The number of nitrogens with one attached hydrogen (secondary N) is 2. The predicted octanol–water partition coefficient (Wildman–Crippen LogP) is 2.20. The standard InChI is InChI=1S/C18H22N4O2S/c1-11(5-6-12-9-19-10-25-12)20-15-7-8-22-16-13(17(15)23)3-2-4-14(16)21-18(22)24/h2-4,9-11,15,17,20,23H,5-8H2,1H3,(H,21,24)/t11-,15-,17-/m1/s1. The fraction of sp³-hybridized carbons (Fsp3) is 0.444. The minimum absolute atomic E-state index is 0.0682. The summed E-state index contributed by atoms with van der Waals surface area (Å²) in [5, 5.41) is 14.5. The number of H-pyrrole nitrogens is 1. The van der Waals surface area contributed by atoms with Gasteiger partial charge in [0, 0.05) is 35.3 Å². The Hall–Kier alpha value is -1.96. The summed E-state index contributed by atoms with van der Waals surface area (Å²) < 4.78 is 1.75. The van der Waals surface area contributed by atoms with E-state index in [1.807, 2.05) is 29.9 Å². The summed E-state index contributed by atoms with van der Waals surface area (Å²) in [5.74, 6) is 0. The molecule has 0 bridgehead atoms. The highest BCUT2D eigenvalue weighted by molar-refractivity contribution is 7.09. The number of aromatic nitrogens is 3. The minimum Gasteiger partial charge on any atom is -0.387 e. The summed E-state index contributed by atoms with van der Waals surface area (Å²) in [6, 6.07) is 5.89. The molecule has 25 heavy (non-hydrogen) atoms. The van der Waals surface area contributed by atoms with Gasteiger partial charge in [-0.15, -0.1) is 11.3 Å². The lowest BCUT2D eigenvalue weighted by atomic mass is 9.98. The zero-order valence-corrected chi connectivity index (χ0v) is 14.9. The number of hydrogen-bond acceptors (Lipinski definition) is 5. The number of thiazole rings is 1. The lowest BCUT2D eigenvalue weighted by Gasteiger charge is -2.26. The Morgan fingerprint density at radius 3 is 3.20 bits per heavy atom. The molecule has 132 valence electrons. The van der Waals surface area contributed by atoms with Crippen molar-refractivity contribution < 1.29 is 5.11 Å². The van der Waals surface area contributed by atoms with E-state index >= 15 is 0 Å². The van der Waals surface area contributed by atoms with Crippen molar-refractivity contribution >= 4 is 22.4 Å². The van der Waals surface area contributed by atoms with Crippen LogP contribution in [0.15, 0.2) is 34.7 Å². The highest BCUT2D eigenvalue weighted by Gasteiger charge is 2.29. The van der Waals surface area contributed by atoms with E-state index in [2.05, 4.69) is 22.2 Å². The number of hydrogen-bond donors (Lipinski definition) is 3. The quantitative estimate of drug-likeness (QED) is 0.653. The highest BCUT2D eigenvalue weighted by atomic mass is 32.1. The number of para-hydroxylation sites is 1. The van der Waals surface area contributed by atoms with Crippen LogP contribution >= 0.6 is 11.3 Å². The maximum atomic E-state index is 12.2. The Balaban J connectivity index is 1.51. The van der Waals surface area contributed by atoms with Crippen molar-refractivity contribution in [2.45, 2.75) is 50.9 Å². The molecule has 3 heterocycles. The Bertz CT molecular complexity index is 915. The molecule has 0 saturated carbocycles. The summed E-state index contributed by atoms with van der Waals surface area (Å²) in [6.07, 6.45) is 3.98. The first-order valence-corrected chi connectivity index (χ1v) is 9.54. The predicted molar refractivity (Wildman–Crippen MR) is 99.0 cm³/mol. The molecule has 0 spiro atoms. The fourth-order valence-electron chi connectivity index (χ4n) is 3.69. The van der Waals surface area contributed by atoms with E-state index < -0.39 is 6.10 Å². The molecule has 2 aromatic heterocycles. The third-order valence-electron chi connectivity index (χ3n) is 4.99. The summed E-state index contributed by atoms with van der Waals surface area (Å²) in [4.78, 5) is 20.4. The summed E-state index contributed by atoms with van der Waals surface area (Å²) in [7, 11) is 0. The third kappa shape index (κ3) is 3.15. The van der Waals surface area contributed by atoms with Gasteiger partial charge in [0.05, 0.1) is 22.6 Å². The average Bonchev–Trinajstić information content (AvgIpc) is 3.19. The molecule has 0 radical (unpaired) electrons. The highest BCUT2D eigenvalue weighted by Crippen LogP contribution is 2.30. The zero-order chi connectivity index (χ0) is 17.4. The SMILES string of the molecule is C[C@H](CCc1cncs1)N[C@@H]1CCn2c(=O)[nH]c3cccc(c32)[C@H]1O. The number of aliphatic hydroxyl groups is 1. The second-order valence-electron chi connectivity index (χ2n) is 6.74. The van der Waals surface area contributed by atoms with E-state index in [4.69, 9.17) is 0 Å². The van der Waals surface area contributed by atoms with Crippen LogP contribution in [0.4, 0.5) is 0 Å². The lowest BCUT2D eigenvalue weighted by molar-refractivity contribution is 0.119. The van der Waals surface area contributed by atoms with Crippen molar-refractivity contribution in [2.24, 2.45) is 0 Å². The van der Waals surface area contributed by atoms with E-state index in [0.717, 1.165) is 29.4 Å². The maximum Gasteiger partial charge on any atom is 0.326 e. The van der Waals surface area contributed by atoms with Gasteiger partial charge in [0.15, 0.2) is 0 Å². The van der Waals surface area contributed by atoms with Gasteiger partial charge in [-0.2, -0.15) is 0 Å². The van der Waals surface area contributed by atoms with Crippen LogP contribution in [0.1, 0.15) is 36.3 Å². The van der Waals surface area contributed by atoms with Crippen LogP contribution in [-0.4, -0.2) is 31.7 Å². The first-order valence-electron chi connectivity index (χ1n) is 8.66. The van der Waals surface area contributed by atoms with Crippen LogP contribution < -0.4 is 11.0 Å². The van der Waals surface area contributed by atoms with Gasteiger partial charge in [0.2, 0.25) is 0 Å². The van der Waals surface area contributed by atoms with Crippen LogP contribution in [0.2, 0.25) is 0 Å². The first kappa shape index (κ1) is 16.5. The van der Waals surface area contributed by atoms with Crippen molar-refractivity contribution in [1.82, 2.24) is 19.9 Å². The Morgan fingerprint density at radius 2 is 2.40 bits per heavy atom. The maximum absolute atomic E-state index is 12.2. The molecule has 1 aromatic carbocycles. The molecule has 4 rings (SSSR count). The molecule has 0 fully saturated rings. The van der Waals surface area contributed by atoms with Crippen LogP contribution in [0.3, 0.4) is 0 Å². The van der Waals surface area contributed by atoms with Crippen molar-refractivity contribution in [1.29, 1.82) is 0 Å². The molecular formula is C18H22N4O2S. The van der Waals surface area contributed by atoms with Gasteiger partial charge in [-0.3, -0.25) is 9.55 Å². The number of rotatable bonds is 5. The monoisotopic (exact) mass is 358 g/mol. The van der Waals surface area contributed by atoms with Gasteiger partial charge in [0.25, 0.3) is 0 Å². The second-order valence-corrected chi connectivity index (χ2v) is 7.71. The largest absolute Gasteiger partial charge is 0.387 e. The lowest BCUT2D eigenvalue weighted by Crippen LogP contribution is -2.41. The van der Waals surface area contributed by atoms with E-state index in [1.54, 1.807) is 15.9 Å². The third-order valence-corrected chi connectivity index (χ3v) is 5.83. The van der Waals surface area contributed by atoms with Crippen molar-refractivity contribution in [3.05, 3.63) is 50.8 Å².